The quantitative estimate of drug-likeness (QED) is 0.864. The van der Waals surface area contributed by atoms with Gasteiger partial charge in [0.05, 0.1) is 10.9 Å². The Kier molecular flexibility index (Phi) is 7.01. The number of hydrogen-bond acceptors (Lipinski definition) is 4. The van der Waals surface area contributed by atoms with Crippen LogP contribution in [0.2, 0.25) is 0 Å². The summed E-state index contributed by atoms with van der Waals surface area (Å²) in [6, 6.07) is 7.83. The van der Waals surface area contributed by atoms with Gasteiger partial charge in [0.1, 0.15) is 0 Å². The average molecular weight is 362 g/mol. The lowest BCUT2D eigenvalue weighted by atomic mass is 10.0. The Morgan fingerprint density at radius 2 is 1.61 bits per heavy atom. The Morgan fingerprint density at radius 1 is 1.09 bits per heavy atom. The number of sulfonamides is 1. The van der Waals surface area contributed by atoms with E-state index in [9.17, 15) is 13.2 Å². The SMILES string of the molecule is CC(C)[C@@H](N)C(=O)N1CCN(S(=O)(=O)c2ccccc2)CC1.Cl. The number of nitrogens with two attached hydrogens (primary N) is 1. The molecule has 1 saturated heterocycles. The molecule has 1 aromatic carbocycles. The zero-order chi connectivity index (χ0) is 16.3. The third-order valence-electron chi connectivity index (χ3n) is 3.93. The number of nitrogens with zero attached hydrogens (tertiary/aromatic N) is 2. The number of benzene rings is 1. The molecular weight excluding hydrogens is 338 g/mol. The van der Waals surface area contributed by atoms with Crippen LogP contribution in [0.4, 0.5) is 0 Å². The number of amides is 1. The Balaban J connectivity index is 0.00000264. The number of carbonyl (C=O) groups excluding carboxylic acids is 1. The first-order chi connectivity index (χ1) is 10.3. The minimum atomic E-state index is -3.48. The van der Waals surface area contributed by atoms with Crippen LogP contribution < -0.4 is 5.73 Å². The second-order valence-corrected chi connectivity index (χ2v) is 7.75. The van der Waals surface area contributed by atoms with E-state index < -0.39 is 16.1 Å². The second-order valence-electron chi connectivity index (χ2n) is 5.81. The monoisotopic (exact) mass is 361 g/mol. The predicted molar refractivity (Wildman–Crippen MR) is 91.8 cm³/mol. The van der Waals surface area contributed by atoms with Crippen molar-refractivity contribution >= 4 is 28.3 Å². The van der Waals surface area contributed by atoms with Gasteiger partial charge in [-0.15, -0.1) is 12.4 Å². The van der Waals surface area contributed by atoms with Crippen molar-refractivity contribution < 1.29 is 13.2 Å². The molecule has 130 valence electrons. The van der Waals surface area contributed by atoms with Gasteiger partial charge in [-0.05, 0) is 18.1 Å². The molecular formula is C15H24ClN3O3S. The summed E-state index contributed by atoms with van der Waals surface area (Å²) in [5.41, 5.74) is 5.88. The van der Waals surface area contributed by atoms with E-state index in [-0.39, 0.29) is 29.1 Å². The molecule has 23 heavy (non-hydrogen) atoms. The van der Waals surface area contributed by atoms with Crippen LogP contribution in [-0.2, 0) is 14.8 Å². The van der Waals surface area contributed by atoms with E-state index in [0.29, 0.717) is 26.2 Å². The van der Waals surface area contributed by atoms with E-state index in [1.807, 2.05) is 13.8 Å². The molecule has 0 bridgehead atoms. The van der Waals surface area contributed by atoms with Gasteiger partial charge in [0.2, 0.25) is 15.9 Å². The summed E-state index contributed by atoms with van der Waals surface area (Å²) in [6.07, 6.45) is 0. The first kappa shape index (κ1) is 19.9. The molecule has 0 spiro atoms. The Hall–Kier alpha value is -1.15. The fraction of sp³-hybridized carbons (Fsp3) is 0.533. The molecule has 0 saturated carbocycles. The van der Waals surface area contributed by atoms with Crippen LogP contribution in [0.1, 0.15) is 13.8 Å². The summed E-state index contributed by atoms with van der Waals surface area (Å²) in [6.45, 7) is 5.16. The van der Waals surface area contributed by atoms with Crippen LogP contribution >= 0.6 is 12.4 Å². The van der Waals surface area contributed by atoms with Crippen molar-refractivity contribution in [1.82, 2.24) is 9.21 Å². The van der Waals surface area contributed by atoms with E-state index >= 15 is 0 Å². The predicted octanol–water partition coefficient (Wildman–Crippen LogP) is 0.925. The summed E-state index contributed by atoms with van der Waals surface area (Å²) >= 11 is 0. The topological polar surface area (TPSA) is 83.7 Å². The summed E-state index contributed by atoms with van der Waals surface area (Å²) < 4.78 is 26.4. The highest BCUT2D eigenvalue weighted by molar-refractivity contribution is 7.89. The zero-order valence-electron chi connectivity index (χ0n) is 13.4. The van der Waals surface area contributed by atoms with Crippen LogP contribution in [0, 0.1) is 5.92 Å². The Morgan fingerprint density at radius 3 is 2.09 bits per heavy atom. The molecule has 1 fully saturated rings. The molecule has 0 unspecified atom stereocenters. The lowest BCUT2D eigenvalue weighted by Crippen LogP contribution is -2.55. The lowest BCUT2D eigenvalue weighted by Gasteiger charge is -2.35. The molecule has 8 heteroatoms. The zero-order valence-corrected chi connectivity index (χ0v) is 15.0. The minimum Gasteiger partial charge on any atom is -0.339 e. The molecule has 0 radical (unpaired) electrons. The van der Waals surface area contributed by atoms with E-state index in [1.165, 1.54) is 4.31 Å². The van der Waals surface area contributed by atoms with E-state index in [4.69, 9.17) is 5.73 Å². The highest BCUT2D eigenvalue weighted by Crippen LogP contribution is 2.17. The number of rotatable bonds is 4. The summed E-state index contributed by atoms with van der Waals surface area (Å²) in [5, 5.41) is 0. The highest BCUT2D eigenvalue weighted by atomic mass is 35.5. The summed E-state index contributed by atoms with van der Waals surface area (Å²) in [5.74, 6) is -0.0367. The molecule has 1 aliphatic rings. The van der Waals surface area contributed by atoms with Crippen LogP contribution in [-0.4, -0.2) is 55.8 Å². The third-order valence-corrected chi connectivity index (χ3v) is 5.85. The first-order valence-corrected chi connectivity index (χ1v) is 8.87. The fourth-order valence-electron chi connectivity index (χ4n) is 2.39. The molecule has 2 rings (SSSR count). The van der Waals surface area contributed by atoms with E-state index in [0.717, 1.165) is 0 Å². The molecule has 1 aliphatic heterocycles. The normalized spacial score (nSPS) is 17.7. The van der Waals surface area contributed by atoms with Gasteiger partial charge in [0.25, 0.3) is 0 Å². The largest absolute Gasteiger partial charge is 0.339 e. The van der Waals surface area contributed by atoms with Gasteiger partial charge in [-0.2, -0.15) is 4.31 Å². The van der Waals surface area contributed by atoms with Gasteiger partial charge in [0, 0.05) is 26.2 Å². The average Bonchev–Trinajstić information content (AvgIpc) is 2.54. The number of piperazine rings is 1. The maximum atomic E-state index is 12.5. The van der Waals surface area contributed by atoms with Crippen molar-refractivity contribution in [1.29, 1.82) is 0 Å². The number of carbonyl (C=O) groups is 1. The summed E-state index contributed by atoms with van der Waals surface area (Å²) in [7, 11) is -3.48. The van der Waals surface area contributed by atoms with Crippen LogP contribution in [0.5, 0.6) is 0 Å². The van der Waals surface area contributed by atoms with Gasteiger partial charge in [0.15, 0.2) is 0 Å². The molecule has 1 amide bonds. The molecule has 2 N–H and O–H groups in total. The van der Waals surface area contributed by atoms with Gasteiger partial charge < -0.3 is 10.6 Å². The molecule has 1 heterocycles. The molecule has 0 aromatic heterocycles. The van der Waals surface area contributed by atoms with Gasteiger partial charge in [-0.3, -0.25) is 4.79 Å². The second kappa shape index (κ2) is 8.10. The molecule has 1 aromatic rings. The fourth-order valence-corrected chi connectivity index (χ4v) is 3.83. The first-order valence-electron chi connectivity index (χ1n) is 7.43. The Labute approximate surface area is 144 Å². The maximum Gasteiger partial charge on any atom is 0.243 e. The molecule has 6 nitrogen and oxygen atoms in total. The standard InChI is InChI=1S/C15H23N3O3S.ClH/c1-12(2)14(16)15(19)17-8-10-18(11-9-17)22(20,21)13-6-4-3-5-7-13;/h3-7,12,14H,8-11,16H2,1-2H3;1H/t14-;/m1./s1. The van der Waals surface area contributed by atoms with Crippen molar-refractivity contribution in [3.05, 3.63) is 30.3 Å². The van der Waals surface area contributed by atoms with Crippen molar-refractivity contribution in [2.45, 2.75) is 24.8 Å². The lowest BCUT2D eigenvalue weighted by molar-refractivity contribution is -0.134. The Bertz CT molecular complexity index is 614. The van der Waals surface area contributed by atoms with Gasteiger partial charge >= 0.3 is 0 Å². The minimum absolute atomic E-state index is 0. The van der Waals surface area contributed by atoms with Gasteiger partial charge in [-0.25, -0.2) is 8.42 Å². The highest BCUT2D eigenvalue weighted by Gasteiger charge is 2.32. The molecule has 0 aliphatic carbocycles. The number of halogens is 1. The van der Waals surface area contributed by atoms with Crippen LogP contribution in [0.15, 0.2) is 35.2 Å². The van der Waals surface area contributed by atoms with E-state index in [2.05, 4.69) is 0 Å². The van der Waals surface area contributed by atoms with E-state index in [1.54, 1.807) is 35.2 Å². The van der Waals surface area contributed by atoms with Crippen LogP contribution in [0.3, 0.4) is 0 Å². The van der Waals surface area contributed by atoms with Crippen molar-refractivity contribution in [2.75, 3.05) is 26.2 Å². The smallest absolute Gasteiger partial charge is 0.243 e. The summed E-state index contributed by atoms with van der Waals surface area (Å²) in [4.78, 5) is 14.1. The van der Waals surface area contributed by atoms with Crippen molar-refractivity contribution in [2.24, 2.45) is 11.7 Å². The van der Waals surface area contributed by atoms with Gasteiger partial charge in [-0.1, -0.05) is 32.0 Å². The van der Waals surface area contributed by atoms with Crippen LogP contribution in [0.25, 0.3) is 0 Å². The number of hydrogen-bond donors (Lipinski definition) is 1. The third kappa shape index (κ3) is 4.44. The van der Waals surface area contributed by atoms with Crippen molar-refractivity contribution in [3.8, 4) is 0 Å². The maximum absolute atomic E-state index is 12.5. The molecule has 1 atom stereocenters. The van der Waals surface area contributed by atoms with Crippen molar-refractivity contribution in [3.63, 3.8) is 0 Å².